The van der Waals surface area contributed by atoms with Gasteiger partial charge in [0.25, 0.3) is 0 Å². The topological polar surface area (TPSA) is 24.9 Å². The van der Waals surface area contributed by atoms with Crippen molar-refractivity contribution in [1.82, 2.24) is 10.3 Å². The fourth-order valence-corrected chi connectivity index (χ4v) is 3.02. The number of hydrogen-bond acceptors (Lipinski definition) is 2. The standard InChI is InChI=1S/C19H24N2/c1-3-20-19(18-11-10-14(2)21-13-18)17-9-5-8-16(12-17)15-6-4-7-15/h5,8-13,15,19-20H,3-4,6-7H2,1-2H3. The lowest BCUT2D eigenvalue weighted by molar-refractivity contribution is 0.419. The van der Waals surface area contributed by atoms with Gasteiger partial charge in [-0.05, 0) is 55.0 Å². The first-order valence-corrected chi connectivity index (χ1v) is 8.03. The Balaban J connectivity index is 1.91. The maximum Gasteiger partial charge on any atom is 0.0591 e. The zero-order chi connectivity index (χ0) is 14.7. The van der Waals surface area contributed by atoms with Crippen LogP contribution in [0.25, 0.3) is 0 Å². The van der Waals surface area contributed by atoms with E-state index >= 15 is 0 Å². The highest BCUT2D eigenvalue weighted by molar-refractivity contribution is 5.35. The summed E-state index contributed by atoms with van der Waals surface area (Å²) in [5.41, 5.74) is 5.17. The van der Waals surface area contributed by atoms with Gasteiger partial charge in [0.05, 0.1) is 6.04 Å². The third-order valence-electron chi connectivity index (χ3n) is 4.50. The number of aromatic nitrogens is 1. The molecule has 1 fully saturated rings. The van der Waals surface area contributed by atoms with Crippen LogP contribution < -0.4 is 5.32 Å². The smallest absolute Gasteiger partial charge is 0.0591 e. The molecule has 21 heavy (non-hydrogen) atoms. The van der Waals surface area contributed by atoms with Crippen LogP contribution in [0, 0.1) is 6.92 Å². The summed E-state index contributed by atoms with van der Waals surface area (Å²) in [6.07, 6.45) is 6.08. The molecule has 1 unspecified atom stereocenters. The molecule has 110 valence electrons. The van der Waals surface area contributed by atoms with Crippen molar-refractivity contribution in [2.24, 2.45) is 0 Å². The van der Waals surface area contributed by atoms with Crippen molar-refractivity contribution in [3.8, 4) is 0 Å². The number of nitrogens with zero attached hydrogens (tertiary/aromatic N) is 1. The molecule has 0 saturated heterocycles. The van der Waals surface area contributed by atoms with Gasteiger partial charge in [-0.15, -0.1) is 0 Å². The SMILES string of the molecule is CCNC(c1ccc(C)nc1)c1cccc(C2CCC2)c1. The monoisotopic (exact) mass is 280 g/mol. The second kappa shape index (κ2) is 6.40. The summed E-state index contributed by atoms with van der Waals surface area (Å²) in [7, 11) is 0. The lowest BCUT2D eigenvalue weighted by Crippen LogP contribution is -2.22. The quantitative estimate of drug-likeness (QED) is 0.880. The fourth-order valence-electron chi connectivity index (χ4n) is 3.02. The molecule has 0 amide bonds. The van der Waals surface area contributed by atoms with E-state index in [1.165, 1.54) is 36.0 Å². The molecule has 1 aliphatic rings. The Morgan fingerprint density at radius 3 is 2.67 bits per heavy atom. The summed E-state index contributed by atoms with van der Waals surface area (Å²) in [6, 6.07) is 13.6. The molecule has 1 saturated carbocycles. The molecular formula is C19H24N2. The minimum absolute atomic E-state index is 0.239. The van der Waals surface area contributed by atoms with Gasteiger partial charge in [0.1, 0.15) is 0 Å². The number of pyridine rings is 1. The number of rotatable bonds is 5. The molecule has 0 spiro atoms. The maximum atomic E-state index is 4.45. The van der Waals surface area contributed by atoms with Crippen LogP contribution in [-0.4, -0.2) is 11.5 Å². The summed E-state index contributed by atoms with van der Waals surface area (Å²) in [4.78, 5) is 4.45. The lowest BCUT2D eigenvalue weighted by atomic mass is 9.79. The third-order valence-corrected chi connectivity index (χ3v) is 4.50. The zero-order valence-corrected chi connectivity index (χ0v) is 13.0. The Bertz CT molecular complexity index is 585. The highest BCUT2D eigenvalue weighted by atomic mass is 14.9. The molecule has 1 atom stereocenters. The summed E-state index contributed by atoms with van der Waals surface area (Å²) >= 11 is 0. The molecule has 0 radical (unpaired) electrons. The van der Waals surface area contributed by atoms with Crippen molar-refractivity contribution in [3.05, 3.63) is 65.0 Å². The summed E-state index contributed by atoms with van der Waals surface area (Å²) in [5.74, 6) is 0.781. The average molecular weight is 280 g/mol. The molecule has 2 aromatic rings. The van der Waals surface area contributed by atoms with E-state index in [2.05, 4.69) is 53.6 Å². The van der Waals surface area contributed by atoms with E-state index in [9.17, 15) is 0 Å². The van der Waals surface area contributed by atoms with E-state index < -0.39 is 0 Å². The Labute approximate surface area is 127 Å². The molecule has 3 rings (SSSR count). The molecule has 1 aromatic heterocycles. The highest BCUT2D eigenvalue weighted by Crippen LogP contribution is 2.37. The van der Waals surface area contributed by atoms with E-state index in [0.29, 0.717) is 0 Å². The molecule has 0 aliphatic heterocycles. The Kier molecular flexibility index (Phi) is 4.35. The summed E-state index contributed by atoms with van der Waals surface area (Å²) in [5, 5.41) is 3.60. The van der Waals surface area contributed by atoms with Crippen LogP contribution in [0.1, 0.15) is 60.5 Å². The van der Waals surface area contributed by atoms with E-state index in [1.807, 2.05) is 13.1 Å². The van der Waals surface area contributed by atoms with Gasteiger partial charge in [-0.2, -0.15) is 0 Å². The molecule has 1 heterocycles. The van der Waals surface area contributed by atoms with Crippen LogP contribution in [0.15, 0.2) is 42.6 Å². The van der Waals surface area contributed by atoms with Crippen LogP contribution in [0.4, 0.5) is 0 Å². The molecule has 2 heteroatoms. The molecule has 1 aliphatic carbocycles. The minimum Gasteiger partial charge on any atom is -0.306 e. The Morgan fingerprint density at radius 1 is 1.19 bits per heavy atom. The number of aryl methyl sites for hydroxylation is 1. The molecule has 2 nitrogen and oxygen atoms in total. The molecular weight excluding hydrogens is 256 g/mol. The van der Waals surface area contributed by atoms with Gasteiger partial charge in [0.2, 0.25) is 0 Å². The second-order valence-corrected chi connectivity index (χ2v) is 6.02. The average Bonchev–Trinajstić information content (AvgIpc) is 2.44. The second-order valence-electron chi connectivity index (χ2n) is 6.02. The largest absolute Gasteiger partial charge is 0.306 e. The van der Waals surface area contributed by atoms with Crippen molar-refractivity contribution in [1.29, 1.82) is 0 Å². The number of nitrogens with one attached hydrogen (secondary N) is 1. The van der Waals surface area contributed by atoms with Crippen LogP contribution in [0.3, 0.4) is 0 Å². The summed E-state index contributed by atoms with van der Waals surface area (Å²) < 4.78 is 0. The predicted octanol–water partition coefficient (Wildman–Crippen LogP) is 4.36. The first kappa shape index (κ1) is 14.3. The Hall–Kier alpha value is -1.67. The third kappa shape index (κ3) is 3.16. The van der Waals surface area contributed by atoms with Crippen molar-refractivity contribution >= 4 is 0 Å². The molecule has 0 bridgehead atoms. The van der Waals surface area contributed by atoms with Gasteiger partial charge in [-0.3, -0.25) is 4.98 Å². The van der Waals surface area contributed by atoms with Crippen LogP contribution in [-0.2, 0) is 0 Å². The van der Waals surface area contributed by atoms with Crippen molar-refractivity contribution < 1.29 is 0 Å². The number of benzene rings is 1. The molecule has 1 N–H and O–H groups in total. The van der Waals surface area contributed by atoms with E-state index in [4.69, 9.17) is 0 Å². The highest BCUT2D eigenvalue weighted by Gasteiger charge is 2.21. The van der Waals surface area contributed by atoms with E-state index in [0.717, 1.165) is 18.2 Å². The van der Waals surface area contributed by atoms with Gasteiger partial charge in [0, 0.05) is 11.9 Å². The number of hydrogen-bond donors (Lipinski definition) is 1. The van der Waals surface area contributed by atoms with E-state index in [1.54, 1.807) is 0 Å². The van der Waals surface area contributed by atoms with Gasteiger partial charge in [-0.1, -0.05) is 43.7 Å². The van der Waals surface area contributed by atoms with Crippen LogP contribution in [0.5, 0.6) is 0 Å². The van der Waals surface area contributed by atoms with Crippen molar-refractivity contribution in [3.63, 3.8) is 0 Å². The normalized spacial score (nSPS) is 16.5. The fraction of sp³-hybridized carbons (Fsp3) is 0.421. The van der Waals surface area contributed by atoms with Crippen LogP contribution in [0.2, 0.25) is 0 Å². The minimum atomic E-state index is 0.239. The lowest BCUT2D eigenvalue weighted by Gasteiger charge is -2.27. The first-order chi connectivity index (χ1) is 10.3. The first-order valence-electron chi connectivity index (χ1n) is 8.03. The molecule has 1 aromatic carbocycles. The van der Waals surface area contributed by atoms with Crippen molar-refractivity contribution in [2.75, 3.05) is 6.54 Å². The van der Waals surface area contributed by atoms with Gasteiger partial charge >= 0.3 is 0 Å². The predicted molar refractivity (Wildman–Crippen MR) is 87.5 cm³/mol. The summed E-state index contributed by atoms with van der Waals surface area (Å²) in [6.45, 7) is 5.14. The Morgan fingerprint density at radius 2 is 2.05 bits per heavy atom. The van der Waals surface area contributed by atoms with Crippen molar-refractivity contribution in [2.45, 2.75) is 45.1 Å². The van der Waals surface area contributed by atoms with Gasteiger partial charge < -0.3 is 5.32 Å². The van der Waals surface area contributed by atoms with E-state index in [-0.39, 0.29) is 6.04 Å². The van der Waals surface area contributed by atoms with Gasteiger partial charge in [-0.25, -0.2) is 0 Å². The van der Waals surface area contributed by atoms with Gasteiger partial charge in [0.15, 0.2) is 0 Å². The zero-order valence-electron chi connectivity index (χ0n) is 13.0. The maximum absolute atomic E-state index is 4.45. The van der Waals surface area contributed by atoms with Crippen LogP contribution >= 0.6 is 0 Å².